The molecule has 29 heavy (non-hydrogen) atoms. The molecule has 8 heteroatoms. The van der Waals surface area contributed by atoms with Crippen LogP contribution in [0.3, 0.4) is 0 Å². The second kappa shape index (κ2) is 10.4. The maximum atomic E-state index is 10.8. The minimum Gasteiger partial charge on any atom is -0.497 e. The van der Waals surface area contributed by atoms with Gasteiger partial charge in [-0.2, -0.15) is 0 Å². The van der Waals surface area contributed by atoms with Crippen LogP contribution in [0.25, 0.3) is 0 Å². The fourth-order valence-electron chi connectivity index (χ4n) is 3.05. The average Bonchev–Trinajstić information content (AvgIpc) is 3.27. The van der Waals surface area contributed by atoms with Crippen LogP contribution in [0.15, 0.2) is 53.5 Å². The molecule has 1 heterocycles. The van der Waals surface area contributed by atoms with Gasteiger partial charge in [0.05, 0.1) is 24.7 Å². The lowest BCUT2D eigenvalue weighted by Crippen LogP contribution is -2.40. The van der Waals surface area contributed by atoms with E-state index in [4.69, 9.17) is 9.47 Å². The smallest absolute Gasteiger partial charge is 0.269 e. The monoisotopic (exact) mass is 398 g/mol. The molecule has 154 valence electrons. The Morgan fingerprint density at radius 2 is 2.07 bits per heavy atom. The van der Waals surface area contributed by atoms with Crippen LogP contribution in [-0.4, -0.2) is 37.2 Å². The fraction of sp³-hybridized carbons (Fsp3) is 0.381. The molecule has 3 rings (SSSR count). The molecule has 0 radical (unpaired) electrons. The van der Waals surface area contributed by atoms with Crippen molar-refractivity contribution in [3.63, 3.8) is 0 Å². The fourth-order valence-corrected chi connectivity index (χ4v) is 3.05. The van der Waals surface area contributed by atoms with E-state index in [1.54, 1.807) is 19.2 Å². The second-order valence-corrected chi connectivity index (χ2v) is 6.81. The minimum absolute atomic E-state index is 0.0807. The third-order valence-electron chi connectivity index (χ3n) is 4.68. The molecule has 2 N–H and O–H groups in total. The highest BCUT2D eigenvalue weighted by Gasteiger charge is 2.15. The highest BCUT2D eigenvalue weighted by Crippen LogP contribution is 2.14. The van der Waals surface area contributed by atoms with Crippen LogP contribution >= 0.6 is 0 Å². The SMILES string of the molecule is COc1cccc(CN=C(NCc2ccc([N+](=O)[O-])cc2)NCC2CCCO2)c1. The third kappa shape index (κ3) is 6.46. The molecule has 0 saturated carbocycles. The van der Waals surface area contributed by atoms with Crippen molar-refractivity contribution in [1.29, 1.82) is 0 Å². The van der Waals surface area contributed by atoms with E-state index in [1.807, 2.05) is 24.3 Å². The van der Waals surface area contributed by atoms with E-state index in [0.717, 1.165) is 36.3 Å². The first kappa shape index (κ1) is 20.6. The van der Waals surface area contributed by atoms with Crippen LogP contribution in [-0.2, 0) is 17.8 Å². The number of hydrogen-bond donors (Lipinski definition) is 2. The lowest BCUT2D eigenvalue weighted by molar-refractivity contribution is -0.384. The van der Waals surface area contributed by atoms with Crippen molar-refractivity contribution in [3.05, 3.63) is 69.8 Å². The predicted molar refractivity (Wildman–Crippen MR) is 111 cm³/mol. The van der Waals surface area contributed by atoms with Crippen LogP contribution < -0.4 is 15.4 Å². The Morgan fingerprint density at radius 1 is 1.24 bits per heavy atom. The molecule has 1 aliphatic heterocycles. The number of nitrogens with zero attached hydrogens (tertiary/aromatic N) is 2. The van der Waals surface area contributed by atoms with Gasteiger partial charge in [-0.15, -0.1) is 0 Å². The molecule has 0 spiro atoms. The largest absolute Gasteiger partial charge is 0.497 e. The van der Waals surface area contributed by atoms with Gasteiger partial charge in [0.25, 0.3) is 5.69 Å². The van der Waals surface area contributed by atoms with Crippen molar-refractivity contribution >= 4 is 11.6 Å². The Labute approximate surface area is 170 Å². The third-order valence-corrected chi connectivity index (χ3v) is 4.68. The summed E-state index contributed by atoms with van der Waals surface area (Å²) in [5.74, 6) is 1.46. The number of guanidine groups is 1. The molecule has 0 bridgehead atoms. The molecule has 2 aromatic rings. The van der Waals surface area contributed by atoms with Crippen molar-refractivity contribution in [1.82, 2.24) is 10.6 Å². The topological polar surface area (TPSA) is 98.0 Å². The van der Waals surface area contributed by atoms with Crippen LogP contribution in [0, 0.1) is 10.1 Å². The lowest BCUT2D eigenvalue weighted by Gasteiger charge is -2.16. The molecule has 2 aromatic carbocycles. The van der Waals surface area contributed by atoms with E-state index in [1.165, 1.54) is 12.1 Å². The van der Waals surface area contributed by atoms with Crippen LogP contribution in [0.1, 0.15) is 24.0 Å². The normalized spacial score (nSPS) is 16.4. The Bertz CT molecular complexity index is 833. The molecule has 1 atom stereocenters. The quantitative estimate of drug-likeness (QED) is 0.307. The van der Waals surface area contributed by atoms with Gasteiger partial charge in [0.1, 0.15) is 5.75 Å². The van der Waals surface area contributed by atoms with Crippen molar-refractivity contribution in [3.8, 4) is 5.75 Å². The number of non-ortho nitro benzene ring substituents is 1. The van der Waals surface area contributed by atoms with E-state index in [-0.39, 0.29) is 11.8 Å². The zero-order valence-electron chi connectivity index (χ0n) is 16.5. The molecule has 0 aromatic heterocycles. The molecule has 1 fully saturated rings. The average molecular weight is 398 g/mol. The van der Waals surface area contributed by atoms with Crippen molar-refractivity contribution in [2.24, 2.45) is 4.99 Å². The predicted octanol–water partition coefficient (Wildman–Crippen LogP) is 3.02. The minimum atomic E-state index is -0.401. The molecule has 1 unspecified atom stereocenters. The zero-order valence-corrected chi connectivity index (χ0v) is 16.5. The number of hydrogen-bond acceptors (Lipinski definition) is 5. The first-order chi connectivity index (χ1) is 14.1. The molecular weight excluding hydrogens is 372 g/mol. The lowest BCUT2D eigenvalue weighted by atomic mass is 10.2. The van der Waals surface area contributed by atoms with Crippen LogP contribution in [0.5, 0.6) is 5.75 Å². The zero-order chi connectivity index (χ0) is 20.5. The van der Waals surface area contributed by atoms with Crippen molar-refractivity contribution in [2.45, 2.75) is 32.0 Å². The molecule has 1 aliphatic rings. The number of benzene rings is 2. The molecular formula is C21H26N4O4. The van der Waals surface area contributed by atoms with E-state index >= 15 is 0 Å². The molecule has 0 amide bonds. The number of methoxy groups -OCH3 is 1. The summed E-state index contributed by atoms with van der Waals surface area (Å²) in [4.78, 5) is 15.1. The highest BCUT2D eigenvalue weighted by molar-refractivity contribution is 5.79. The number of aliphatic imine (C=N–C) groups is 1. The highest BCUT2D eigenvalue weighted by atomic mass is 16.6. The summed E-state index contributed by atoms with van der Waals surface area (Å²) in [7, 11) is 1.64. The number of nitro benzene ring substituents is 1. The Hall–Kier alpha value is -3.13. The molecule has 0 aliphatic carbocycles. The summed E-state index contributed by atoms with van der Waals surface area (Å²) in [5, 5.41) is 17.4. The van der Waals surface area contributed by atoms with Gasteiger partial charge < -0.3 is 20.1 Å². The van der Waals surface area contributed by atoms with E-state index in [9.17, 15) is 10.1 Å². The Morgan fingerprint density at radius 3 is 2.76 bits per heavy atom. The van der Waals surface area contributed by atoms with Gasteiger partial charge in [-0.05, 0) is 36.1 Å². The molecule has 1 saturated heterocycles. The number of nitro groups is 1. The Kier molecular flexibility index (Phi) is 7.40. The molecule has 8 nitrogen and oxygen atoms in total. The van der Waals surface area contributed by atoms with Gasteiger partial charge >= 0.3 is 0 Å². The van der Waals surface area contributed by atoms with Crippen molar-refractivity contribution in [2.75, 3.05) is 20.3 Å². The summed E-state index contributed by atoms with van der Waals surface area (Å²) in [6, 6.07) is 14.3. The van der Waals surface area contributed by atoms with Gasteiger partial charge in [-0.1, -0.05) is 24.3 Å². The van der Waals surface area contributed by atoms with E-state index < -0.39 is 4.92 Å². The summed E-state index contributed by atoms with van der Waals surface area (Å²) < 4.78 is 10.9. The first-order valence-corrected chi connectivity index (χ1v) is 9.64. The standard InChI is InChI=1S/C21H26N4O4/c1-28-19-5-2-4-17(12-19)14-23-21(24-15-20-6-3-11-29-20)22-13-16-7-9-18(10-8-16)25(26)27/h2,4-5,7-10,12,20H,3,6,11,13-15H2,1H3,(H2,22,23,24). The summed E-state index contributed by atoms with van der Waals surface area (Å²) in [6.45, 7) is 2.49. The van der Waals surface area contributed by atoms with Crippen molar-refractivity contribution < 1.29 is 14.4 Å². The maximum Gasteiger partial charge on any atom is 0.269 e. The Balaban J connectivity index is 1.63. The number of ether oxygens (including phenoxy) is 2. The number of nitrogens with one attached hydrogen (secondary N) is 2. The second-order valence-electron chi connectivity index (χ2n) is 6.81. The van der Waals surface area contributed by atoms with E-state index in [2.05, 4.69) is 15.6 Å². The summed E-state index contributed by atoms with van der Waals surface area (Å²) in [6.07, 6.45) is 2.32. The van der Waals surface area contributed by atoms with Gasteiger partial charge in [0.15, 0.2) is 5.96 Å². The van der Waals surface area contributed by atoms with Gasteiger partial charge in [-0.3, -0.25) is 10.1 Å². The summed E-state index contributed by atoms with van der Waals surface area (Å²) >= 11 is 0. The van der Waals surface area contributed by atoms with Crippen LogP contribution in [0.2, 0.25) is 0 Å². The maximum absolute atomic E-state index is 10.8. The van der Waals surface area contributed by atoms with Gasteiger partial charge in [-0.25, -0.2) is 4.99 Å². The van der Waals surface area contributed by atoms with E-state index in [0.29, 0.717) is 25.6 Å². The van der Waals surface area contributed by atoms with Gasteiger partial charge in [0.2, 0.25) is 0 Å². The first-order valence-electron chi connectivity index (χ1n) is 9.64. The van der Waals surface area contributed by atoms with Crippen LogP contribution in [0.4, 0.5) is 5.69 Å². The summed E-state index contributed by atoms with van der Waals surface area (Å²) in [5.41, 5.74) is 2.05. The van der Waals surface area contributed by atoms with Gasteiger partial charge in [0, 0.05) is 31.8 Å². The number of rotatable bonds is 8.